The van der Waals surface area contributed by atoms with Crippen molar-refractivity contribution in [2.24, 2.45) is 0 Å². The Morgan fingerprint density at radius 1 is 1.44 bits per heavy atom. The Labute approximate surface area is 104 Å². The van der Waals surface area contributed by atoms with E-state index < -0.39 is 0 Å². The molecule has 1 fully saturated rings. The van der Waals surface area contributed by atoms with E-state index in [0.29, 0.717) is 22.3 Å². The summed E-state index contributed by atoms with van der Waals surface area (Å²) < 4.78 is 5.27. The van der Waals surface area contributed by atoms with Crippen LogP contribution in [0.5, 0.6) is 0 Å². The first-order valence-electron chi connectivity index (χ1n) is 5.04. The summed E-state index contributed by atoms with van der Waals surface area (Å²) in [4.78, 5) is 11.7. The minimum atomic E-state index is -0.355. The Hall–Kier alpha value is -0.770. The molecule has 1 atom stereocenters. The quantitative estimate of drug-likeness (QED) is 0.887. The first-order valence-corrected chi connectivity index (χ1v) is 5.80. The van der Waals surface area contributed by atoms with Crippen LogP contribution in [0.15, 0.2) is 18.2 Å². The van der Waals surface area contributed by atoms with Crippen molar-refractivity contribution in [2.75, 3.05) is 11.9 Å². The molecule has 1 aromatic rings. The van der Waals surface area contributed by atoms with Crippen molar-refractivity contribution >= 4 is 34.8 Å². The topological polar surface area (TPSA) is 38.3 Å². The molecule has 5 heteroatoms. The molecule has 0 unspecified atom stereocenters. The maximum Gasteiger partial charge on any atom is 0.253 e. The Morgan fingerprint density at radius 3 is 2.88 bits per heavy atom. The van der Waals surface area contributed by atoms with E-state index in [9.17, 15) is 4.79 Å². The number of hydrogen-bond acceptors (Lipinski definition) is 2. The number of ether oxygens (including phenoxy) is 1. The van der Waals surface area contributed by atoms with Gasteiger partial charge in [0, 0.05) is 11.6 Å². The van der Waals surface area contributed by atoms with Crippen LogP contribution < -0.4 is 5.32 Å². The smallest absolute Gasteiger partial charge is 0.253 e. The van der Waals surface area contributed by atoms with Gasteiger partial charge < -0.3 is 10.1 Å². The lowest BCUT2D eigenvalue weighted by Gasteiger charge is -2.11. The number of amides is 1. The van der Waals surface area contributed by atoms with Gasteiger partial charge in [-0.2, -0.15) is 0 Å². The minimum Gasteiger partial charge on any atom is -0.368 e. The van der Waals surface area contributed by atoms with Gasteiger partial charge in [-0.05, 0) is 31.0 Å². The molecule has 1 heterocycles. The lowest BCUT2D eigenvalue weighted by molar-refractivity contribution is -0.124. The number of halogens is 2. The van der Waals surface area contributed by atoms with Crippen molar-refractivity contribution in [1.82, 2.24) is 0 Å². The number of rotatable bonds is 2. The van der Waals surface area contributed by atoms with Crippen LogP contribution in [-0.2, 0) is 9.53 Å². The number of hydrogen-bond donors (Lipinski definition) is 1. The lowest BCUT2D eigenvalue weighted by Crippen LogP contribution is -2.26. The third kappa shape index (κ3) is 2.67. The molecule has 1 aromatic carbocycles. The molecule has 1 N–H and O–H groups in total. The number of carbonyl (C=O) groups is 1. The fourth-order valence-electron chi connectivity index (χ4n) is 1.59. The van der Waals surface area contributed by atoms with Gasteiger partial charge in [0.15, 0.2) is 0 Å². The molecule has 1 aliphatic heterocycles. The zero-order chi connectivity index (χ0) is 11.5. The van der Waals surface area contributed by atoms with E-state index in [1.807, 2.05) is 0 Å². The minimum absolute atomic E-state index is 0.151. The maximum absolute atomic E-state index is 11.7. The molecular formula is C11H11Cl2NO2. The number of nitrogens with one attached hydrogen (secondary N) is 1. The van der Waals surface area contributed by atoms with Crippen LogP contribution in [0.1, 0.15) is 12.8 Å². The highest BCUT2D eigenvalue weighted by Gasteiger charge is 2.23. The van der Waals surface area contributed by atoms with E-state index in [1.54, 1.807) is 18.2 Å². The predicted molar refractivity (Wildman–Crippen MR) is 64.1 cm³/mol. The number of anilines is 1. The van der Waals surface area contributed by atoms with E-state index in [4.69, 9.17) is 27.9 Å². The summed E-state index contributed by atoms with van der Waals surface area (Å²) in [6, 6.07) is 4.95. The summed E-state index contributed by atoms with van der Waals surface area (Å²) in [5, 5.41) is 3.70. The molecule has 1 amide bonds. The molecule has 86 valence electrons. The Kier molecular flexibility index (Phi) is 3.69. The Bertz CT molecular complexity index is 403. The molecule has 0 bridgehead atoms. The van der Waals surface area contributed by atoms with E-state index in [0.717, 1.165) is 12.8 Å². The van der Waals surface area contributed by atoms with Crippen LogP contribution in [0, 0.1) is 0 Å². The van der Waals surface area contributed by atoms with Gasteiger partial charge >= 0.3 is 0 Å². The van der Waals surface area contributed by atoms with Crippen LogP contribution in [0.4, 0.5) is 5.69 Å². The summed E-state index contributed by atoms with van der Waals surface area (Å²) >= 11 is 11.7. The van der Waals surface area contributed by atoms with Gasteiger partial charge in [-0.15, -0.1) is 0 Å². The predicted octanol–water partition coefficient (Wildman–Crippen LogP) is 3.11. The molecule has 0 aromatic heterocycles. The summed E-state index contributed by atoms with van der Waals surface area (Å²) in [6.07, 6.45) is 1.33. The van der Waals surface area contributed by atoms with E-state index in [1.165, 1.54) is 0 Å². The highest BCUT2D eigenvalue weighted by Crippen LogP contribution is 2.26. The van der Waals surface area contributed by atoms with Crippen LogP contribution >= 0.6 is 23.2 Å². The van der Waals surface area contributed by atoms with Crippen LogP contribution in [0.25, 0.3) is 0 Å². The third-order valence-electron chi connectivity index (χ3n) is 2.41. The van der Waals surface area contributed by atoms with Crippen molar-refractivity contribution in [3.05, 3.63) is 28.2 Å². The van der Waals surface area contributed by atoms with Gasteiger partial charge in [-0.1, -0.05) is 23.2 Å². The van der Waals surface area contributed by atoms with Crippen molar-refractivity contribution < 1.29 is 9.53 Å². The second-order valence-electron chi connectivity index (χ2n) is 3.62. The fraction of sp³-hybridized carbons (Fsp3) is 0.364. The van der Waals surface area contributed by atoms with E-state index in [-0.39, 0.29) is 12.0 Å². The van der Waals surface area contributed by atoms with Gasteiger partial charge in [0.2, 0.25) is 0 Å². The second kappa shape index (κ2) is 5.04. The normalized spacial score (nSPS) is 19.8. The first-order chi connectivity index (χ1) is 7.66. The van der Waals surface area contributed by atoms with Gasteiger partial charge in [-0.25, -0.2) is 0 Å². The van der Waals surface area contributed by atoms with Gasteiger partial charge in [0.05, 0.1) is 10.7 Å². The molecule has 1 aliphatic rings. The zero-order valence-electron chi connectivity index (χ0n) is 8.50. The average Bonchev–Trinajstić information content (AvgIpc) is 2.75. The van der Waals surface area contributed by atoms with Gasteiger partial charge in [0.25, 0.3) is 5.91 Å². The lowest BCUT2D eigenvalue weighted by atomic mass is 10.2. The Balaban J connectivity index is 2.05. The van der Waals surface area contributed by atoms with Gasteiger partial charge in [-0.3, -0.25) is 4.79 Å². The third-order valence-corrected chi connectivity index (χ3v) is 2.96. The maximum atomic E-state index is 11.7. The van der Waals surface area contributed by atoms with Crippen molar-refractivity contribution in [2.45, 2.75) is 18.9 Å². The highest BCUT2D eigenvalue weighted by molar-refractivity contribution is 6.36. The molecule has 0 aliphatic carbocycles. The SMILES string of the molecule is O=C(Nc1ccc(Cl)cc1Cl)[C@H]1CCCO1. The average molecular weight is 260 g/mol. The van der Waals surface area contributed by atoms with Crippen molar-refractivity contribution in [3.63, 3.8) is 0 Å². The van der Waals surface area contributed by atoms with Crippen LogP contribution in [0.3, 0.4) is 0 Å². The number of carbonyl (C=O) groups excluding carboxylic acids is 1. The van der Waals surface area contributed by atoms with Crippen molar-refractivity contribution in [1.29, 1.82) is 0 Å². The molecule has 16 heavy (non-hydrogen) atoms. The van der Waals surface area contributed by atoms with Crippen LogP contribution in [-0.4, -0.2) is 18.6 Å². The largest absolute Gasteiger partial charge is 0.368 e. The summed E-state index contributed by atoms with van der Waals surface area (Å²) in [5.41, 5.74) is 0.562. The standard InChI is InChI=1S/C11H11Cl2NO2/c12-7-3-4-9(8(13)6-7)14-11(15)10-2-1-5-16-10/h3-4,6,10H,1-2,5H2,(H,14,15)/t10-/m1/s1. The monoisotopic (exact) mass is 259 g/mol. The van der Waals surface area contributed by atoms with E-state index >= 15 is 0 Å². The summed E-state index contributed by atoms with van der Waals surface area (Å²) in [7, 11) is 0. The highest BCUT2D eigenvalue weighted by atomic mass is 35.5. The van der Waals surface area contributed by atoms with Crippen molar-refractivity contribution in [3.8, 4) is 0 Å². The molecule has 3 nitrogen and oxygen atoms in total. The van der Waals surface area contributed by atoms with Crippen LogP contribution in [0.2, 0.25) is 10.0 Å². The van der Waals surface area contributed by atoms with E-state index in [2.05, 4.69) is 5.32 Å². The van der Waals surface area contributed by atoms with Gasteiger partial charge in [0.1, 0.15) is 6.10 Å². The summed E-state index contributed by atoms with van der Waals surface area (Å²) in [6.45, 7) is 0.645. The second-order valence-corrected chi connectivity index (χ2v) is 4.46. The first kappa shape index (κ1) is 11.7. The molecule has 0 radical (unpaired) electrons. The number of benzene rings is 1. The summed E-state index contributed by atoms with van der Waals surface area (Å²) in [5.74, 6) is -0.151. The zero-order valence-corrected chi connectivity index (χ0v) is 10.0. The fourth-order valence-corrected chi connectivity index (χ4v) is 2.04. The molecule has 1 saturated heterocycles. The molecule has 0 spiro atoms. The molecule has 0 saturated carbocycles. The molecule has 2 rings (SSSR count). The Morgan fingerprint density at radius 2 is 2.25 bits per heavy atom. The molecular weight excluding hydrogens is 249 g/mol.